The second kappa shape index (κ2) is 6.50. The molecule has 0 saturated heterocycles. The minimum atomic E-state index is -3.59. The average Bonchev–Trinajstić information content (AvgIpc) is 2.43. The predicted molar refractivity (Wildman–Crippen MR) is 93.5 cm³/mol. The van der Waals surface area contributed by atoms with Crippen molar-refractivity contribution in [2.75, 3.05) is 4.72 Å². The largest absolute Gasteiger partial charge is 0.278 e. The summed E-state index contributed by atoms with van der Waals surface area (Å²) >= 11 is 6.75. The van der Waals surface area contributed by atoms with E-state index in [1.165, 1.54) is 0 Å². The van der Waals surface area contributed by atoms with E-state index in [1.54, 1.807) is 24.3 Å². The van der Waals surface area contributed by atoms with Crippen LogP contribution in [0.1, 0.15) is 16.7 Å². The van der Waals surface area contributed by atoms with Crippen molar-refractivity contribution < 1.29 is 8.42 Å². The van der Waals surface area contributed by atoms with Crippen molar-refractivity contribution in [3.8, 4) is 0 Å². The molecule has 0 unspecified atom stereocenters. The molecule has 3 nitrogen and oxygen atoms in total. The van der Waals surface area contributed by atoms with Gasteiger partial charge in [-0.05, 0) is 64.7 Å². The fourth-order valence-electron chi connectivity index (χ4n) is 2.00. The van der Waals surface area contributed by atoms with Crippen LogP contribution in [0, 0.1) is 13.8 Å². The Labute approximate surface area is 142 Å². The summed E-state index contributed by atoms with van der Waals surface area (Å²) in [6.07, 6.45) is 0. The first-order chi connectivity index (χ1) is 9.83. The fraction of sp³-hybridized carbons (Fsp3) is 0.200. The number of rotatable bonds is 4. The van der Waals surface area contributed by atoms with E-state index in [0.29, 0.717) is 11.0 Å². The zero-order valence-corrected chi connectivity index (χ0v) is 15.6. The maximum absolute atomic E-state index is 12.4. The number of sulfonamides is 1. The molecule has 0 amide bonds. The first-order valence-corrected chi connectivity index (χ1v) is 9.68. The van der Waals surface area contributed by atoms with E-state index in [1.807, 2.05) is 26.0 Å². The van der Waals surface area contributed by atoms with Crippen LogP contribution in [0.15, 0.2) is 45.8 Å². The lowest BCUT2D eigenvalue weighted by atomic mass is 10.1. The van der Waals surface area contributed by atoms with Gasteiger partial charge in [0.15, 0.2) is 0 Å². The lowest BCUT2D eigenvalue weighted by Crippen LogP contribution is -2.14. The van der Waals surface area contributed by atoms with Gasteiger partial charge in [0, 0.05) is 9.80 Å². The molecular formula is C15H15Br2NO2S. The van der Waals surface area contributed by atoms with Gasteiger partial charge in [0.1, 0.15) is 0 Å². The van der Waals surface area contributed by atoms with Gasteiger partial charge in [-0.2, -0.15) is 0 Å². The summed E-state index contributed by atoms with van der Waals surface area (Å²) in [5.74, 6) is 0. The molecule has 0 fully saturated rings. The molecule has 1 N–H and O–H groups in total. The third-order valence-electron chi connectivity index (χ3n) is 3.06. The van der Waals surface area contributed by atoms with Gasteiger partial charge in [-0.25, -0.2) is 8.42 Å². The Morgan fingerprint density at radius 3 is 2.24 bits per heavy atom. The van der Waals surface area contributed by atoms with E-state index in [9.17, 15) is 8.42 Å². The lowest BCUT2D eigenvalue weighted by Gasteiger charge is -2.13. The number of hydrogen-bond acceptors (Lipinski definition) is 2. The molecule has 2 aromatic carbocycles. The molecule has 21 heavy (non-hydrogen) atoms. The number of aryl methyl sites for hydroxylation is 2. The zero-order chi connectivity index (χ0) is 15.6. The Morgan fingerprint density at radius 1 is 1.10 bits per heavy atom. The highest BCUT2D eigenvalue weighted by atomic mass is 79.9. The van der Waals surface area contributed by atoms with Gasteiger partial charge in [0.25, 0.3) is 10.0 Å². The van der Waals surface area contributed by atoms with Crippen LogP contribution in [-0.2, 0) is 15.4 Å². The van der Waals surface area contributed by atoms with Gasteiger partial charge in [-0.1, -0.05) is 34.1 Å². The van der Waals surface area contributed by atoms with Gasteiger partial charge in [0.05, 0.1) is 10.6 Å². The highest BCUT2D eigenvalue weighted by Gasteiger charge is 2.17. The number of halogens is 2. The first kappa shape index (κ1) is 16.5. The van der Waals surface area contributed by atoms with E-state index >= 15 is 0 Å². The molecule has 6 heteroatoms. The standard InChI is InChI=1S/C15H15Br2NO2S/c1-10-7-11(2)15(14(17)8-10)18-21(19,20)13-5-3-12(9-16)4-6-13/h3-8,18H,9H2,1-2H3. The number of benzene rings is 2. The van der Waals surface area contributed by atoms with Crippen LogP contribution in [0.25, 0.3) is 0 Å². The van der Waals surface area contributed by atoms with Crippen molar-refractivity contribution in [3.63, 3.8) is 0 Å². The molecule has 0 heterocycles. The molecule has 0 saturated carbocycles. The molecule has 0 radical (unpaired) electrons. The minimum absolute atomic E-state index is 0.249. The van der Waals surface area contributed by atoms with E-state index < -0.39 is 10.0 Å². The summed E-state index contributed by atoms with van der Waals surface area (Å²) in [5, 5.41) is 0.698. The number of anilines is 1. The fourth-order valence-corrected chi connectivity index (χ4v) is 4.43. The monoisotopic (exact) mass is 431 g/mol. The highest BCUT2D eigenvalue weighted by Crippen LogP contribution is 2.30. The van der Waals surface area contributed by atoms with Crippen molar-refractivity contribution >= 4 is 47.6 Å². The topological polar surface area (TPSA) is 46.2 Å². The predicted octanol–water partition coefficient (Wildman–Crippen LogP) is 4.76. The minimum Gasteiger partial charge on any atom is -0.278 e. The van der Waals surface area contributed by atoms with Gasteiger partial charge in [-0.3, -0.25) is 4.72 Å². The maximum Gasteiger partial charge on any atom is 0.261 e. The lowest BCUT2D eigenvalue weighted by molar-refractivity contribution is 0.601. The van der Waals surface area contributed by atoms with Gasteiger partial charge in [-0.15, -0.1) is 0 Å². The van der Waals surface area contributed by atoms with Crippen LogP contribution in [0.2, 0.25) is 0 Å². The quantitative estimate of drug-likeness (QED) is 0.707. The molecule has 0 aliphatic rings. The summed E-state index contributed by atoms with van der Waals surface area (Å²) in [5.41, 5.74) is 3.55. The van der Waals surface area contributed by atoms with Crippen LogP contribution in [-0.4, -0.2) is 8.42 Å². The van der Waals surface area contributed by atoms with Crippen molar-refractivity contribution in [3.05, 3.63) is 57.6 Å². The Morgan fingerprint density at radius 2 is 1.71 bits per heavy atom. The van der Waals surface area contributed by atoms with Crippen molar-refractivity contribution in [2.45, 2.75) is 24.1 Å². The van der Waals surface area contributed by atoms with Crippen molar-refractivity contribution in [1.29, 1.82) is 0 Å². The van der Waals surface area contributed by atoms with Crippen LogP contribution in [0.4, 0.5) is 5.69 Å². The Balaban J connectivity index is 2.37. The van der Waals surface area contributed by atoms with Crippen molar-refractivity contribution in [2.24, 2.45) is 0 Å². The average molecular weight is 433 g/mol. The molecule has 0 aliphatic carbocycles. The van der Waals surface area contributed by atoms with E-state index in [-0.39, 0.29) is 4.90 Å². The Bertz CT molecular complexity index is 733. The van der Waals surface area contributed by atoms with Gasteiger partial charge in [0.2, 0.25) is 0 Å². The smallest absolute Gasteiger partial charge is 0.261 e. The summed E-state index contributed by atoms with van der Waals surface area (Å²) in [4.78, 5) is 0.249. The number of alkyl halides is 1. The van der Waals surface area contributed by atoms with Crippen LogP contribution >= 0.6 is 31.9 Å². The molecule has 2 rings (SSSR count). The molecule has 0 bridgehead atoms. The third kappa shape index (κ3) is 3.87. The molecule has 0 atom stereocenters. The van der Waals surface area contributed by atoms with E-state index in [0.717, 1.165) is 21.2 Å². The Kier molecular flexibility index (Phi) is 5.11. The summed E-state index contributed by atoms with van der Waals surface area (Å²) in [6.45, 7) is 3.85. The van der Waals surface area contributed by atoms with Crippen molar-refractivity contribution in [1.82, 2.24) is 0 Å². The highest BCUT2D eigenvalue weighted by molar-refractivity contribution is 9.10. The van der Waals surface area contributed by atoms with Gasteiger partial charge >= 0.3 is 0 Å². The van der Waals surface area contributed by atoms with Gasteiger partial charge < -0.3 is 0 Å². The second-order valence-corrected chi connectivity index (χ2v) is 7.92. The maximum atomic E-state index is 12.4. The Hall–Kier alpha value is -0.850. The molecule has 2 aromatic rings. The van der Waals surface area contributed by atoms with Crippen LogP contribution in [0.3, 0.4) is 0 Å². The SMILES string of the molecule is Cc1cc(C)c(NS(=O)(=O)c2ccc(CBr)cc2)c(Br)c1. The molecule has 112 valence electrons. The molecule has 0 spiro atoms. The van der Waals surface area contributed by atoms with Crippen LogP contribution < -0.4 is 4.72 Å². The summed E-state index contributed by atoms with van der Waals surface area (Å²) in [7, 11) is -3.59. The first-order valence-electron chi connectivity index (χ1n) is 6.28. The molecule has 0 aromatic heterocycles. The second-order valence-electron chi connectivity index (χ2n) is 4.82. The van der Waals surface area contributed by atoms with E-state index in [2.05, 4.69) is 36.6 Å². The summed E-state index contributed by atoms with van der Waals surface area (Å²) in [6, 6.07) is 10.6. The third-order valence-corrected chi connectivity index (χ3v) is 5.69. The molecular weight excluding hydrogens is 418 g/mol. The number of nitrogens with one attached hydrogen (secondary N) is 1. The molecule has 0 aliphatic heterocycles. The van der Waals surface area contributed by atoms with Crippen LogP contribution in [0.5, 0.6) is 0 Å². The summed E-state index contributed by atoms with van der Waals surface area (Å²) < 4.78 is 28.3. The normalized spacial score (nSPS) is 11.4. The number of hydrogen-bond donors (Lipinski definition) is 1. The van der Waals surface area contributed by atoms with E-state index in [4.69, 9.17) is 0 Å². The zero-order valence-electron chi connectivity index (χ0n) is 11.7.